The van der Waals surface area contributed by atoms with Crippen molar-refractivity contribution < 1.29 is 36.5 Å². The second-order valence-corrected chi connectivity index (χ2v) is 11.2. The first kappa shape index (κ1) is 24.8. The lowest BCUT2D eigenvalue weighted by Crippen LogP contribution is -2.05. The van der Waals surface area contributed by atoms with Crippen molar-refractivity contribution in [2.24, 2.45) is 0 Å². The number of aromatic hydroxyl groups is 2. The fraction of sp³-hybridized carbons (Fsp3) is 0. The van der Waals surface area contributed by atoms with Crippen LogP contribution in [-0.4, -0.2) is 27.0 Å². The van der Waals surface area contributed by atoms with Crippen LogP contribution >= 0.6 is 0 Å². The Kier molecular flexibility index (Phi) is 7.00. The Labute approximate surface area is 208 Å². The lowest BCUT2D eigenvalue weighted by atomic mass is 10.3. The number of phenolic OH excluding ortho intramolecular Hbond substituents is 2. The van der Waals surface area contributed by atoms with Crippen LogP contribution < -0.4 is 9.47 Å². The number of ether oxygens (including phenoxy) is 2. The Morgan fingerprint density at radius 2 is 0.889 bits per heavy atom. The Morgan fingerprint density at radius 3 is 1.25 bits per heavy atom. The van der Waals surface area contributed by atoms with Crippen LogP contribution in [0.3, 0.4) is 0 Å². The minimum absolute atomic E-state index is 0.0144. The molecule has 0 heterocycles. The summed E-state index contributed by atoms with van der Waals surface area (Å²) in [4.78, 5) is -0.508. The molecule has 184 valence electrons. The smallest absolute Gasteiger partial charge is 0.210 e. The van der Waals surface area contributed by atoms with Crippen LogP contribution in [0.15, 0.2) is 129 Å². The average Bonchev–Trinajstić information content (AvgIpc) is 2.89. The van der Waals surface area contributed by atoms with E-state index < -0.39 is 19.7 Å². The summed E-state index contributed by atoms with van der Waals surface area (Å²) in [5, 5.41) is 19.7. The molecule has 4 rings (SSSR count). The molecule has 8 nitrogen and oxygen atoms in total. The van der Waals surface area contributed by atoms with E-state index >= 15 is 0 Å². The maximum Gasteiger partial charge on any atom is 0.210 e. The minimum atomic E-state index is -4.01. The third-order valence-electron chi connectivity index (χ3n) is 4.99. The van der Waals surface area contributed by atoms with Gasteiger partial charge in [-0.05, 0) is 48.5 Å². The third kappa shape index (κ3) is 5.19. The molecule has 36 heavy (non-hydrogen) atoms. The fourth-order valence-corrected chi connectivity index (χ4v) is 6.12. The van der Waals surface area contributed by atoms with Gasteiger partial charge >= 0.3 is 0 Å². The SMILES string of the molecule is O=S(=O)(c1ccccc1)c1cc(O)ccc1OC=COc1ccc(O)cc1S(=O)(=O)c1ccccc1. The predicted molar refractivity (Wildman–Crippen MR) is 130 cm³/mol. The molecule has 0 aromatic heterocycles. The zero-order valence-corrected chi connectivity index (χ0v) is 20.2. The quantitative estimate of drug-likeness (QED) is 0.318. The molecule has 4 aromatic rings. The Balaban J connectivity index is 1.61. The first-order valence-corrected chi connectivity index (χ1v) is 13.4. The van der Waals surface area contributed by atoms with Crippen LogP contribution in [0.25, 0.3) is 0 Å². The maximum absolute atomic E-state index is 13.0. The van der Waals surface area contributed by atoms with E-state index in [0.717, 1.165) is 24.7 Å². The third-order valence-corrected chi connectivity index (χ3v) is 8.57. The first-order chi connectivity index (χ1) is 17.2. The molecule has 0 atom stereocenters. The molecule has 0 aliphatic carbocycles. The Bertz CT molecular complexity index is 1490. The molecule has 0 saturated carbocycles. The molecule has 0 radical (unpaired) electrons. The first-order valence-electron chi connectivity index (χ1n) is 10.4. The van der Waals surface area contributed by atoms with E-state index in [1.165, 1.54) is 48.5 Å². The van der Waals surface area contributed by atoms with Gasteiger partial charge in [0.1, 0.15) is 45.3 Å². The van der Waals surface area contributed by atoms with Crippen LogP contribution in [0.2, 0.25) is 0 Å². The maximum atomic E-state index is 13.0. The van der Waals surface area contributed by atoms with Gasteiger partial charge in [0.25, 0.3) is 0 Å². The summed E-state index contributed by atoms with van der Waals surface area (Å²) >= 11 is 0. The molecule has 0 amide bonds. The summed E-state index contributed by atoms with van der Waals surface area (Å²) in [6.45, 7) is 0. The van der Waals surface area contributed by atoms with E-state index in [4.69, 9.17) is 9.47 Å². The molecule has 4 aromatic carbocycles. The van der Waals surface area contributed by atoms with Gasteiger partial charge in [-0.15, -0.1) is 0 Å². The number of benzene rings is 4. The van der Waals surface area contributed by atoms with Gasteiger partial charge < -0.3 is 19.7 Å². The average molecular weight is 525 g/mol. The zero-order chi connectivity index (χ0) is 25.8. The summed E-state index contributed by atoms with van der Waals surface area (Å²) in [6, 6.07) is 22.5. The Morgan fingerprint density at radius 1 is 0.528 bits per heavy atom. The van der Waals surface area contributed by atoms with Crippen molar-refractivity contribution >= 4 is 19.7 Å². The number of hydrogen-bond donors (Lipinski definition) is 2. The summed E-state index contributed by atoms with van der Waals surface area (Å²) in [5.74, 6) is -0.701. The molecule has 0 unspecified atom stereocenters. The highest BCUT2D eigenvalue weighted by molar-refractivity contribution is 7.92. The summed E-state index contributed by atoms with van der Waals surface area (Å²) < 4.78 is 63.1. The fourth-order valence-electron chi connectivity index (χ4n) is 3.26. The molecule has 0 aliphatic rings. The van der Waals surface area contributed by atoms with Crippen molar-refractivity contribution in [3.8, 4) is 23.0 Å². The van der Waals surface area contributed by atoms with Crippen LogP contribution in [0.1, 0.15) is 0 Å². The van der Waals surface area contributed by atoms with E-state index in [1.807, 2.05) is 0 Å². The Hall–Kier alpha value is -4.28. The molecule has 0 bridgehead atoms. The minimum Gasteiger partial charge on any atom is -0.508 e. The van der Waals surface area contributed by atoms with Crippen molar-refractivity contribution in [3.63, 3.8) is 0 Å². The summed E-state index contributed by atoms with van der Waals surface area (Å²) in [7, 11) is -8.02. The van der Waals surface area contributed by atoms with Gasteiger partial charge in [0.05, 0.1) is 9.79 Å². The molecule has 0 fully saturated rings. The molecular formula is C26H20O8S2. The van der Waals surface area contributed by atoms with Gasteiger partial charge in [-0.3, -0.25) is 0 Å². The standard InChI is InChI=1S/C26H20O8S2/c27-19-11-13-23(25(17-19)35(29,30)21-7-3-1-4-8-21)33-15-16-34-24-14-12-20(28)18-26(24)36(31,32)22-9-5-2-6-10-22/h1-18,27-28H. The van der Waals surface area contributed by atoms with Gasteiger partial charge in [0.15, 0.2) is 0 Å². The van der Waals surface area contributed by atoms with Crippen molar-refractivity contribution in [1.29, 1.82) is 0 Å². The largest absolute Gasteiger partial charge is 0.508 e. The van der Waals surface area contributed by atoms with Crippen LogP contribution in [0.5, 0.6) is 23.0 Å². The molecule has 10 heteroatoms. The molecular weight excluding hydrogens is 504 g/mol. The molecule has 0 aliphatic heterocycles. The molecule has 0 spiro atoms. The van der Waals surface area contributed by atoms with E-state index in [0.29, 0.717) is 0 Å². The van der Waals surface area contributed by atoms with Gasteiger partial charge in [0, 0.05) is 12.1 Å². The zero-order valence-electron chi connectivity index (χ0n) is 18.6. The topological polar surface area (TPSA) is 127 Å². The summed E-state index contributed by atoms with van der Waals surface area (Å²) in [5.41, 5.74) is 0. The lowest BCUT2D eigenvalue weighted by molar-refractivity contribution is 0.405. The second kappa shape index (κ2) is 10.1. The van der Waals surface area contributed by atoms with E-state index in [-0.39, 0.29) is 42.6 Å². The predicted octanol–water partition coefficient (Wildman–Crippen LogP) is 4.69. The number of rotatable bonds is 8. The highest BCUT2D eigenvalue weighted by Gasteiger charge is 2.24. The van der Waals surface area contributed by atoms with E-state index in [9.17, 15) is 27.0 Å². The van der Waals surface area contributed by atoms with E-state index in [2.05, 4.69) is 0 Å². The van der Waals surface area contributed by atoms with Gasteiger partial charge in [0.2, 0.25) is 19.7 Å². The highest BCUT2D eigenvalue weighted by Crippen LogP contribution is 2.34. The number of phenols is 2. The van der Waals surface area contributed by atoms with Crippen molar-refractivity contribution in [1.82, 2.24) is 0 Å². The summed E-state index contributed by atoms with van der Waals surface area (Å²) in [6.07, 6.45) is 2.06. The van der Waals surface area contributed by atoms with Gasteiger partial charge in [-0.2, -0.15) is 0 Å². The van der Waals surface area contributed by atoms with Gasteiger partial charge in [-0.1, -0.05) is 36.4 Å². The monoisotopic (exact) mass is 524 g/mol. The second-order valence-electron chi connectivity index (χ2n) is 7.40. The van der Waals surface area contributed by atoms with Crippen molar-refractivity contribution in [2.75, 3.05) is 0 Å². The van der Waals surface area contributed by atoms with Crippen LogP contribution in [-0.2, 0) is 19.7 Å². The van der Waals surface area contributed by atoms with E-state index in [1.54, 1.807) is 36.4 Å². The van der Waals surface area contributed by atoms with Crippen molar-refractivity contribution in [3.05, 3.63) is 110 Å². The van der Waals surface area contributed by atoms with Crippen LogP contribution in [0, 0.1) is 0 Å². The normalized spacial score (nSPS) is 11.9. The molecule has 0 saturated heterocycles. The van der Waals surface area contributed by atoms with Crippen molar-refractivity contribution in [2.45, 2.75) is 19.6 Å². The lowest BCUT2D eigenvalue weighted by Gasteiger charge is -2.11. The van der Waals surface area contributed by atoms with Crippen LogP contribution in [0.4, 0.5) is 0 Å². The highest BCUT2D eigenvalue weighted by atomic mass is 32.2. The number of hydrogen-bond acceptors (Lipinski definition) is 8. The molecule has 2 N–H and O–H groups in total. The van der Waals surface area contributed by atoms with Gasteiger partial charge in [-0.25, -0.2) is 16.8 Å². The number of sulfone groups is 2.